The monoisotopic (exact) mass is 276 g/mol. The summed E-state index contributed by atoms with van der Waals surface area (Å²) in [5.41, 5.74) is 0.362. The number of morpholine rings is 1. The van der Waals surface area contributed by atoms with Crippen LogP contribution in [0.25, 0.3) is 0 Å². The fourth-order valence-corrected chi connectivity index (χ4v) is 3.11. The molecule has 1 aromatic rings. The summed E-state index contributed by atoms with van der Waals surface area (Å²) in [5.74, 6) is -0.181. The van der Waals surface area contributed by atoms with Gasteiger partial charge in [-0.2, -0.15) is 0 Å². The first-order chi connectivity index (χ1) is 7.98. The summed E-state index contributed by atoms with van der Waals surface area (Å²) >= 11 is 0.957. The molecule has 0 bridgehead atoms. The second-order valence-corrected chi connectivity index (χ2v) is 6.30. The number of carbonyl (C=O) groups is 1. The van der Waals surface area contributed by atoms with E-state index in [0.29, 0.717) is 31.9 Å². The van der Waals surface area contributed by atoms with E-state index in [9.17, 15) is 13.2 Å². The van der Waals surface area contributed by atoms with E-state index in [1.54, 1.807) is 4.90 Å². The molecule has 1 aliphatic heterocycles. The molecule has 0 unspecified atom stereocenters. The molecule has 94 valence electrons. The number of rotatable bonds is 2. The summed E-state index contributed by atoms with van der Waals surface area (Å²) in [6.07, 6.45) is 0. The van der Waals surface area contributed by atoms with Crippen molar-refractivity contribution in [3.8, 4) is 0 Å². The Balaban J connectivity index is 2.17. The van der Waals surface area contributed by atoms with Crippen LogP contribution in [0.3, 0.4) is 0 Å². The number of nitrogens with two attached hydrogens (primary N) is 1. The average molecular weight is 276 g/mol. The molecule has 0 aliphatic carbocycles. The number of hydrogen-bond acceptors (Lipinski definition) is 5. The van der Waals surface area contributed by atoms with Crippen molar-refractivity contribution in [2.24, 2.45) is 5.14 Å². The maximum Gasteiger partial charge on any atom is 0.254 e. The second kappa shape index (κ2) is 4.73. The third-order valence-corrected chi connectivity index (χ3v) is 4.79. The van der Waals surface area contributed by atoms with E-state index in [4.69, 9.17) is 9.88 Å². The van der Waals surface area contributed by atoms with Gasteiger partial charge in [0.25, 0.3) is 5.91 Å². The van der Waals surface area contributed by atoms with Crippen LogP contribution in [0.4, 0.5) is 0 Å². The predicted molar refractivity (Wildman–Crippen MR) is 62.4 cm³/mol. The third-order valence-electron chi connectivity index (χ3n) is 2.40. The van der Waals surface area contributed by atoms with Crippen molar-refractivity contribution in [3.63, 3.8) is 0 Å². The van der Waals surface area contributed by atoms with Crippen molar-refractivity contribution < 1.29 is 17.9 Å². The highest BCUT2D eigenvalue weighted by Gasteiger charge is 2.21. The van der Waals surface area contributed by atoms with Crippen LogP contribution in [0.1, 0.15) is 10.4 Å². The Hall–Kier alpha value is -0.960. The standard InChI is InChI=1S/C9H12N2O4S2/c10-17(13,14)8-5-7(6-16-8)9(12)11-1-3-15-4-2-11/h5-6H,1-4H2,(H2,10,13,14). The van der Waals surface area contributed by atoms with Crippen LogP contribution in [0.15, 0.2) is 15.7 Å². The minimum Gasteiger partial charge on any atom is -0.378 e. The van der Waals surface area contributed by atoms with E-state index in [-0.39, 0.29) is 10.1 Å². The van der Waals surface area contributed by atoms with Crippen LogP contribution in [-0.2, 0) is 14.8 Å². The smallest absolute Gasteiger partial charge is 0.254 e. The van der Waals surface area contributed by atoms with Crippen molar-refractivity contribution in [3.05, 3.63) is 17.0 Å². The van der Waals surface area contributed by atoms with Crippen LogP contribution in [0.2, 0.25) is 0 Å². The normalized spacial score (nSPS) is 17.1. The Labute approximate surface area is 103 Å². The second-order valence-electron chi connectivity index (χ2n) is 3.60. The van der Waals surface area contributed by atoms with Crippen LogP contribution >= 0.6 is 11.3 Å². The molecule has 8 heteroatoms. The quantitative estimate of drug-likeness (QED) is 0.814. The molecule has 0 atom stereocenters. The van der Waals surface area contributed by atoms with Crippen molar-refractivity contribution >= 4 is 27.3 Å². The number of primary sulfonamides is 1. The zero-order valence-electron chi connectivity index (χ0n) is 8.96. The van der Waals surface area contributed by atoms with Gasteiger partial charge in [-0.15, -0.1) is 11.3 Å². The largest absolute Gasteiger partial charge is 0.378 e. The third kappa shape index (κ3) is 2.83. The van der Waals surface area contributed by atoms with Crippen LogP contribution in [-0.4, -0.2) is 45.5 Å². The van der Waals surface area contributed by atoms with Gasteiger partial charge in [0.05, 0.1) is 18.8 Å². The van der Waals surface area contributed by atoms with Gasteiger partial charge in [0.15, 0.2) is 0 Å². The highest BCUT2D eigenvalue weighted by Crippen LogP contribution is 2.20. The zero-order chi connectivity index (χ0) is 12.5. The highest BCUT2D eigenvalue weighted by atomic mass is 32.2. The maximum absolute atomic E-state index is 12.0. The highest BCUT2D eigenvalue weighted by molar-refractivity contribution is 7.91. The first-order valence-corrected chi connectivity index (χ1v) is 7.39. The summed E-state index contributed by atoms with van der Waals surface area (Å²) in [7, 11) is -3.72. The van der Waals surface area contributed by atoms with E-state index in [1.807, 2.05) is 0 Å². The fourth-order valence-electron chi connectivity index (χ4n) is 1.53. The number of sulfonamides is 1. The Morgan fingerprint density at radius 3 is 2.59 bits per heavy atom. The molecule has 1 aliphatic rings. The molecule has 17 heavy (non-hydrogen) atoms. The maximum atomic E-state index is 12.0. The van der Waals surface area contributed by atoms with Gasteiger partial charge in [-0.25, -0.2) is 13.6 Å². The fraction of sp³-hybridized carbons (Fsp3) is 0.444. The Morgan fingerprint density at radius 2 is 2.06 bits per heavy atom. The number of amides is 1. The molecule has 2 N–H and O–H groups in total. The van der Waals surface area contributed by atoms with Crippen molar-refractivity contribution in [1.29, 1.82) is 0 Å². The van der Waals surface area contributed by atoms with Gasteiger partial charge in [0.2, 0.25) is 10.0 Å². The lowest BCUT2D eigenvalue weighted by Crippen LogP contribution is -2.40. The first-order valence-electron chi connectivity index (χ1n) is 4.97. The Kier molecular flexibility index (Phi) is 3.48. The lowest BCUT2D eigenvalue weighted by molar-refractivity contribution is 0.0303. The van der Waals surface area contributed by atoms with Crippen LogP contribution < -0.4 is 5.14 Å². The van der Waals surface area contributed by atoms with Gasteiger partial charge in [0, 0.05) is 18.5 Å². The number of ether oxygens (including phenoxy) is 1. The van der Waals surface area contributed by atoms with E-state index in [1.165, 1.54) is 11.4 Å². The molecule has 0 spiro atoms. The SMILES string of the molecule is NS(=O)(=O)c1cc(C(=O)N2CCOCC2)cs1. The predicted octanol–water partition coefficient (Wildman–Crippen LogP) is -0.132. The number of carbonyl (C=O) groups excluding carboxylic acids is 1. The van der Waals surface area contributed by atoms with Gasteiger partial charge in [-0.3, -0.25) is 4.79 Å². The zero-order valence-corrected chi connectivity index (χ0v) is 10.6. The summed E-state index contributed by atoms with van der Waals surface area (Å²) in [4.78, 5) is 13.6. The summed E-state index contributed by atoms with van der Waals surface area (Å²) in [6.45, 7) is 2.08. The molecule has 1 amide bonds. The molecular formula is C9H12N2O4S2. The molecule has 0 saturated carbocycles. The van der Waals surface area contributed by atoms with Crippen molar-refractivity contribution in [1.82, 2.24) is 4.90 Å². The molecule has 1 fully saturated rings. The molecule has 0 radical (unpaired) electrons. The van der Waals surface area contributed by atoms with E-state index < -0.39 is 10.0 Å². The molecule has 2 heterocycles. The van der Waals surface area contributed by atoms with Gasteiger partial charge in [-0.1, -0.05) is 0 Å². The van der Waals surface area contributed by atoms with E-state index >= 15 is 0 Å². The molecule has 0 aromatic carbocycles. The molecular weight excluding hydrogens is 264 g/mol. The van der Waals surface area contributed by atoms with Gasteiger partial charge in [-0.05, 0) is 6.07 Å². The summed E-state index contributed by atoms with van der Waals surface area (Å²) < 4.78 is 27.3. The average Bonchev–Trinajstić information content (AvgIpc) is 2.78. The number of hydrogen-bond donors (Lipinski definition) is 1. The number of thiophene rings is 1. The molecule has 1 aromatic heterocycles. The van der Waals surface area contributed by atoms with Crippen LogP contribution in [0, 0.1) is 0 Å². The first kappa shape index (κ1) is 12.5. The lowest BCUT2D eigenvalue weighted by atomic mass is 10.3. The minimum atomic E-state index is -3.72. The van der Waals surface area contributed by atoms with Gasteiger partial charge in [0.1, 0.15) is 4.21 Å². The minimum absolute atomic E-state index is 0.00843. The Bertz CT molecular complexity index is 517. The number of nitrogens with zero attached hydrogens (tertiary/aromatic N) is 1. The summed E-state index contributed by atoms with van der Waals surface area (Å²) in [6, 6.07) is 1.32. The lowest BCUT2D eigenvalue weighted by Gasteiger charge is -2.26. The Morgan fingerprint density at radius 1 is 1.41 bits per heavy atom. The van der Waals surface area contributed by atoms with E-state index in [2.05, 4.69) is 0 Å². The van der Waals surface area contributed by atoms with Crippen LogP contribution in [0.5, 0.6) is 0 Å². The van der Waals surface area contributed by atoms with Gasteiger partial charge >= 0.3 is 0 Å². The molecule has 1 saturated heterocycles. The summed E-state index contributed by atoms with van der Waals surface area (Å²) in [5, 5.41) is 6.50. The molecule has 2 rings (SSSR count). The molecule has 6 nitrogen and oxygen atoms in total. The van der Waals surface area contributed by atoms with E-state index in [0.717, 1.165) is 11.3 Å². The van der Waals surface area contributed by atoms with Crippen molar-refractivity contribution in [2.45, 2.75) is 4.21 Å². The van der Waals surface area contributed by atoms with Crippen molar-refractivity contribution in [2.75, 3.05) is 26.3 Å². The topological polar surface area (TPSA) is 89.7 Å². The van der Waals surface area contributed by atoms with Gasteiger partial charge < -0.3 is 9.64 Å².